The third kappa shape index (κ3) is 3.92. The van der Waals surface area contributed by atoms with Crippen molar-refractivity contribution in [1.82, 2.24) is 25.2 Å². The van der Waals surface area contributed by atoms with Crippen LogP contribution in [0.3, 0.4) is 0 Å². The summed E-state index contributed by atoms with van der Waals surface area (Å²) in [5, 5.41) is 6.83. The zero-order valence-electron chi connectivity index (χ0n) is 13.4. The van der Waals surface area contributed by atoms with Gasteiger partial charge in [0.25, 0.3) is 5.91 Å². The average Bonchev–Trinajstić information content (AvgIpc) is 3.02. The summed E-state index contributed by atoms with van der Waals surface area (Å²) < 4.78 is 0. The highest BCUT2D eigenvalue weighted by atomic mass is 32.1. The van der Waals surface area contributed by atoms with Gasteiger partial charge in [0.2, 0.25) is 0 Å². The molecular formula is C16H21N5OS. The summed E-state index contributed by atoms with van der Waals surface area (Å²) in [6.45, 7) is 5.66. The van der Waals surface area contributed by atoms with Crippen LogP contribution in [0.5, 0.6) is 0 Å². The Bertz CT molecular complexity index is 652. The molecule has 1 fully saturated rings. The molecule has 3 rings (SSSR count). The summed E-state index contributed by atoms with van der Waals surface area (Å²) in [4.78, 5) is 26.8. The molecule has 0 aliphatic carbocycles. The third-order valence-electron chi connectivity index (χ3n) is 4.13. The van der Waals surface area contributed by atoms with Gasteiger partial charge in [0.1, 0.15) is 5.69 Å². The molecule has 0 saturated carbocycles. The Morgan fingerprint density at radius 2 is 2.17 bits per heavy atom. The van der Waals surface area contributed by atoms with Gasteiger partial charge in [-0.15, -0.1) is 11.3 Å². The molecule has 1 aliphatic rings. The van der Waals surface area contributed by atoms with Crippen molar-refractivity contribution in [3.63, 3.8) is 0 Å². The second-order valence-corrected chi connectivity index (χ2v) is 6.90. The second kappa shape index (κ2) is 7.14. The van der Waals surface area contributed by atoms with Crippen molar-refractivity contribution in [1.29, 1.82) is 0 Å². The molecule has 1 amide bonds. The first-order valence-corrected chi connectivity index (χ1v) is 8.75. The van der Waals surface area contributed by atoms with Crippen LogP contribution in [0.15, 0.2) is 24.0 Å². The van der Waals surface area contributed by atoms with Gasteiger partial charge in [0.15, 0.2) is 0 Å². The number of piperidine rings is 1. The molecule has 1 atom stereocenters. The first-order valence-electron chi connectivity index (χ1n) is 7.87. The molecule has 1 aliphatic heterocycles. The molecule has 0 aromatic carbocycles. The van der Waals surface area contributed by atoms with E-state index in [0.717, 1.165) is 36.6 Å². The Hall–Kier alpha value is -1.86. The lowest BCUT2D eigenvalue weighted by Gasteiger charge is -2.33. The highest BCUT2D eigenvalue weighted by Gasteiger charge is 2.25. The fraction of sp³-hybridized carbons (Fsp3) is 0.500. The Kier molecular flexibility index (Phi) is 4.97. The Balaban J connectivity index is 1.51. The monoisotopic (exact) mass is 331 g/mol. The van der Waals surface area contributed by atoms with Crippen molar-refractivity contribution in [2.24, 2.45) is 0 Å². The maximum Gasteiger partial charge on any atom is 0.274 e. The van der Waals surface area contributed by atoms with Crippen LogP contribution in [0.2, 0.25) is 0 Å². The van der Waals surface area contributed by atoms with E-state index in [4.69, 9.17) is 0 Å². The molecule has 3 heterocycles. The average molecular weight is 331 g/mol. The predicted octanol–water partition coefficient (Wildman–Crippen LogP) is 2.20. The van der Waals surface area contributed by atoms with Crippen LogP contribution in [0.4, 0.5) is 0 Å². The number of carbonyl (C=O) groups excluding carboxylic acids is 1. The molecule has 1 N–H and O–H groups in total. The first kappa shape index (κ1) is 16.0. The lowest BCUT2D eigenvalue weighted by Crippen LogP contribution is -2.45. The summed E-state index contributed by atoms with van der Waals surface area (Å²) >= 11 is 1.68. The van der Waals surface area contributed by atoms with E-state index >= 15 is 0 Å². The van der Waals surface area contributed by atoms with Gasteiger partial charge in [-0.2, -0.15) is 0 Å². The van der Waals surface area contributed by atoms with Crippen LogP contribution < -0.4 is 5.32 Å². The lowest BCUT2D eigenvalue weighted by molar-refractivity contribution is 0.0695. The van der Waals surface area contributed by atoms with Crippen molar-refractivity contribution in [2.45, 2.75) is 38.8 Å². The molecule has 7 heteroatoms. The number of amides is 1. The van der Waals surface area contributed by atoms with Crippen LogP contribution in [0.1, 0.15) is 47.0 Å². The van der Waals surface area contributed by atoms with Gasteiger partial charge >= 0.3 is 0 Å². The van der Waals surface area contributed by atoms with Gasteiger partial charge in [-0.25, -0.2) is 9.97 Å². The molecule has 6 nitrogen and oxygen atoms in total. The van der Waals surface area contributed by atoms with Gasteiger partial charge in [0.05, 0.1) is 16.9 Å². The summed E-state index contributed by atoms with van der Waals surface area (Å²) in [6, 6.07) is 0.658. The molecular weight excluding hydrogens is 310 g/mol. The minimum absolute atomic E-state index is 0.0280. The van der Waals surface area contributed by atoms with E-state index in [1.807, 2.05) is 11.8 Å². The van der Waals surface area contributed by atoms with Crippen LogP contribution in [0.25, 0.3) is 0 Å². The van der Waals surface area contributed by atoms with E-state index in [0.29, 0.717) is 11.7 Å². The van der Waals surface area contributed by atoms with Crippen molar-refractivity contribution >= 4 is 17.2 Å². The van der Waals surface area contributed by atoms with E-state index in [9.17, 15) is 4.79 Å². The number of hydrogen-bond acceptors (Lipinski definition) is 6. The topological polar surface area (TPSA) is 71.0 Å². The number of nitrogens with zero attached hydrogens (tertiary/aromatic N) is 4. The Morgan fingerprint density at radius 3 is 2.78 bits per heavy atom. The standard InChI is InChI=1S/C16H21N5OS/c1-11(15-10-23-12(2)20-15)19-13-3-7-21(8-4-13)16(22)14-9-17-5-6-18-14/h5-6,9-11,13,19H,3-4,7-8H2,1-2H3. The number of carbonyl (C=O) groups is 1. The maximum absolute atomic E-state index is 12.3. The maximum atomic E-state index is 12.3. The zero-order valence-corrected chi connectivity index (χ0v) is 14.2. The van der Waals surface area contributed by atoms with E-state index < -0.39 is 0 Å². The molecule has 122 valence electrons. The van der Waals surface area contributed by atoms with Gasteiger partial charge < -0.3 is 10.2 Å². The molecule has 23 heavy (non-hydrogen) atoms. The van der Waals surface area contributed by atoms with E-state index in [1.54, 1.807) is 23.7 Å². The third-order valence-corrected chi connectivity index (χ3v) is 4.92. The fourth-order valence-electron chi connectivity index (χ4n) is 2.84. The number of hydrogen-bond donors (Lipinski definition) is 1. The van der Waals surface area contributed by atoms with Crippen LogP contribution in [-0.2, 0) is 0 Å². The van der Waals surface area contributed by atoms with Crippen LogP contribution >= 0.6 is 11.3 Å². The number of rotatable bonds is 4. The second-order valence-electron chi connectivity index (χ2n) is 5.84. The Morgan fingerprint density at radius 1 is 1.39 bits per heavy atom. The van der Waals surface area contributed by atoms with E-state index in [-0.39, 0.29) is 11.9 Å². The predicted molar refractivity (Wildman–Crippen MR) is 89.4 cm³/mol. The van der Waals surface area contributed by atoms with Gasteiger partial charge in [-0.05, 0) is 26.7 Å². The summed E-state index contributed by atoms with van der Waals surface area (Å²) in [5.74, 6) is -0.0280. The number of aromatic nitrogens is 3. The van der Waals surface area contributed by atoms with Crippen molar-refractivity contribution in [3.05, 3.63) is 40.4 Å². The van der Waals surface area contributed by atoms with E-state index in [1.165, 1.54) is 6.20 Å². The number of aryl methyl sites for hydroxylation is 1. The van der Waals surface area contributed by atoms with Crippen LogP contribution in [0, 0.1) is 6.92 Å². The van der Waals surface area contributed by atoms with Gasteiger partial charge in [-0.1, -0.05) is 0 Å². The minimum Gasteiger partial charge on any atom is -0.337 e. The molecule has 2 aromatic rings. The van der Waals surface area contributed by atoms with Crippen molar-refractivity contribution in [3.8, 4) is 0 Å². The molecule has 2 aromatic heterocycles. The van der Waals surface area contributed by atoms with Crippen LogP contribution in [-0.4, -0.2) is 44.9 Å². The molecule has 1 unspecified atom stereocenters. The first-order chi connectivity index (χ1) is 11.1. The zero-order chi connectivity index (χ0) is 16.2. The highest BCUT2D eigenvalue weighted by molar-refractivity contribution is 7.09. The molecule has 1 saturated heterocycles. The summed E-state index contributed by atoms with van der Waals surface area (Å²) in [5.41, 5.74) is 1.52. The fourth-order valence-corrected chi connectivity index (χ4v) is 3.54. The molecule has 0 spiro atoms. The minimum atomic E-state index is -0.0280. The smallest absolute Gasteiger partial charge is 0.274 e. The SMILES string of the molecule is Cc1nc(C(C)NC2CCN(C(=O)c3cnccn3)CC2)cs1. The molecule has 0 bridgehead atoms. The number of thiazole rings is 1. The van der Waals surface area contributed by atoms with Gasteiger partial charge in [-0.3, -0.25) is 9.78 Å². The van der Waals surface area contributed by atoms with Crippen molar-refractivity contribution < 1.29 is 4.79 Å². The largest absolute Gasteiger partial charge is 0.337 e. The Labute approximate surface area is 140 Å². The quantitative estimate of drug-likeness (QED) is 0.930. The van der Waals surface area contributed by atoms with Crippen molar-refractivity contribution in [2.75, 3.05) is 13.1 Å². The summed E-state index contributed by atoms with van der Waals surface area (Å²) in [6.07, 6.45) is 6.55. The number of likely N-dealkylation sites (tertiary alicyclic amines) is 1. The lowest BCUT2D eigenvalue weighted by atomic mass is 10.0. The highest BCUT2D eigenvalue weighted by Crippen LogP contribution is 2.19. The summed E-state index contributed by atoms with van der Waals surface area (Å²) in [7, 11) is 0. The van der Waals surface area contributed by atoms with Gasteiger partial charge in [0, 0.05) is 42.9 Å². The van der Waals surface area contributed by atoms with E-state index in [2.05, 4.69) is 32.6 Å². The molecule has 0 radical (unpaired) electrons. The normalized spacial score (nSPS) is 17.2. The number of nitrogens with one attached hydrogen (secondary N) is 1.